The van der Waals surface area contributed by atoms with Gasteiger partial charge in [-0.05, 0) is 38.0 Å². The summed E-state index contributed by atoms with van der Waals surface area (Å²) < 4.78 is 0. The number of benzene rings is 1. The number of rotatable bonds is 4. The van der Waals surface area contributed by atoms with E-state index < -0.39 is 6.04 Å². The minimum absolute atomic E-state index is 0.0410. The fourth-order valence-electron chi connectivity index (χ4n) is 2.43. The number of amides is 1. The van der Waals surface area contributed by atoms with Crippen LogP contribution in [-0.4, -0.2) is 18.0 Å². The number of nitriles is 1. The van der Waals surface area contributed by atoms with Gasteiger partial charge in [-0.2, -0.15) is 5.26 Å². The molecule has 0 saturated heterocycles. The van der Waals surface area contributed by atoms with Crippen LogP contribution in [0.2, 0.25) is 5.02 Å². The number of carbonyl (C=O) groups is 1. The van der Waals surface area contributed by atoms with E-state index >= 15 is 0 Å². The molecule has 1 fully saturated rings. The van der Waals surface area contributed by atoms with Gasteiger partial charge in [0.1, 0.15) is 12.1 Å². The van der Waals surface area contributed by atoms with Gasteiger partial charge in [-0.25, -0.2) is 0 Å². The van der Waals surface area contributed by atoms with Gasteiger partial charge in [0.15, 0.2) is 0 Å². The van der Waals surface area contributed by atoms with Crippen LogP contribution in [0.1, 0.15) is 38.2 Å². The van der Waals surface area contributed by atoms with Crippen LogP contribution in [0, 0.1) is 11.3 Å². The highest BCUT2D eigenvalue weighted by Crippen LogP contribution is 2.21. The maximum atomic E-state index is 12.1. The Labute approximate surface area is 124 Å². The standard InChI is InChI=1S/C15H18ClN3O/c1-10(15(20)19-13-4-2-3-5-13)18-14-8-12(16)7-6-11(14)9-17/h6-8,10,13,18H,2-5H2,1H3,(H,19,20). The van der Waals surface area contributed by atoms with E-state index in [0.717, 1.165) is 12.8 Å². The zero-order chi connectivity index (χ0) is 14.5. The minimum Gasteiger partial charge on any atom is -0.373 e. The van der Waals surface area contributed by atoms with Gasteiger partial charge in [-0.3, -0.25) is 4.79 Å². The van der Waals surface area contributed by atoms with Crippen molar-refractivity contribution < 1.29 is 4.79 Å². The summed E-state index contributed by atoms with van der Waals surface area (Å²) in [6.07, 6.45) is 4.47. The Hall–Kier alpha value is -1.73. The predicted molar refractivity (Wildman–Crippen MR) is 79.7 cm³/mol. The van der Waals surface area contributed by atoms with E-state index in [0.29, 0.717) is 22.3 Å². The number of hydrogen-bond donors (Lipinski definition) is 2. The number of carbonyl (C=O) groups excluding carboxylic acids is 1. The first kappa shape index (κ1) is 14.7. The summed E-state index contributed by atoms with van der Waals surface area (Å²) in [5.74, 6) is -0.0410. The molecule has 0 bridgehead atoms. The lowest BCUT2D eigenvalue weighted by atomic mass is 10.1. The first-order valence-electron chi connectivity index (χ1n) is 6.86. The molecule has 1 unspecified atom stereocenters. The van der Waals surface area contributed by atoms with Gasteiger partial charge in [0.2, 0.25) is 5.91 Å². The summed E-state index contributed by atoms with van der Waals surface area (Å²) in [5, 5.41) is 15.7. The monoisotopic (exact) mass is 291 g/mol. The lowest BCUT2D eigenvalue weighted by molar-refractivity contribution is -0.122. The van der Waals surface area contributed by atoms with Crippen LogP contribution in [-0.2, 0) is 4.79 Å². The Morgan fingerprint density at radius 1 is 1.45 bits per heavy atom. The quantitative estimate of drug-likeness (QED) is 0.896. The molecular formula is C15H18ClN3O. The Bertz CT molecular complexity index is 532. The number of anilines is 1. The second-order valence-electron chi connectivity index (χ2n) is 5.16. The van der Waals surface area contributed by atoms with E-state index in [1.54, 1.807) is 25.1 Å². The van der Waals surface area contributed by atoms with Crippen molar-refractivity contribution in [3.05, 3.63) is 28.8 Å². The van der Waals surface area contributed by atoms with E-state index in [2.05, 4.69) is 16.7 Å². The lowest BCUT2D eigenvalue weighted by Crippen LogP contribution is -2.42. The molecule has 0 aromatic heterocycles. The maximum absolute atomic E-state index is 12.1. The van der Waals surface area contributed by atoms with Crippen LogP contribution in [0.3, 0.4) is 0 Å². The summed E-state index contributed by atoms with van der Waals surface area (Å²) >= 11 is 5.92. The summed E-state index contributed by atoms with van der Waals surface area (Å²) in [7, 11) is 0. The van der Waals surface area contributed by atoms with E-state index in [-0.39, 0.29) is 5.91 Å². The molecule has 2 rings (SSSR count). The van der Waals surface area contributed by atoms with Crippen LogP contribution in [0.4, 0.5) is 5.69 Å². The van der Waals surface area contributed by atoms with Crippen LogP contribution in [0.25, 0.3) is 0 Å². The normalized spacial score (nSPS) is 16.4. The number of nitrogens with one attached hydrogen (secondary N) is 2. The second kappa shape index (κ2) is 6.62. The molecule has 20 heavy (non-hydrogen) atoms. The van der Waals surface area contributed by atoms with E-state index in [1.807, 2.05) is 0 Å². The Balaban J connectivity index is 2.00. The molecule has 0 aliphatic heterocycles. The highest BCUT2D eigenvalue weighted by Gasteiger charge is 2.21. The Morgan fingerprint density at radius 2 is 2.15 bits per heavy atom. The van der Waals surface area contributed by atoms with Crippen molar-refractivity contribution in [2.24, 2.45) is 0 Å². The van der Waals surface area contributed by atoms with Gasteiger partial charge in [-0.15, -0.1) is 0 Å². The molecule has 1 amide bonds. The molecule has 1 aliphatic carbocycles. The molecule has 0 heterocycles. The Kier molecular flexibility index (Phi) is 4.86. The van der Waals surface area contributed by atoms with Crippen molar-refractivity contribution in [3.63, 3.8) is 0 Å². The second-order valence-corrected chi connectivity index (χ2v) is 5.59. The van der Waals surface area contributed by atoms with E-state index in [1.165, 1.54) is 12.8 Å². The number of halogens is 1. The van der Waals surface area contributed by atoms with Crippen LogP contribution in [0.15, 0.2) is 18.2 Å². The highest BCUT2D eigenvalue weighted by atomic mass is 35.5. The first-order valence-corrected chi connectivity index (χ1v) is 7.24. The molecule has 1 atom stereocenters. The molecule has 0 radical (unpaired) electrons. The molecule has 2 N–H and O–H groups in total. The molecule has 106 valence electrons. The van der Waals surface area contributed by atoms with E-state index in [4.69, 9.17) is 16.9 Å². The lowest BCUT2D eigenvalue weighted by Gasteiger charge is -2.19. The van der Waals surface area contributed by atoms with Crippen molar-refractivity contribution in [1.82, 2.24) is 5.32 Å². The van der Waals surface area contributed by atoms with Gasteiger partial charge in [0.05, 0.1) is 11.3 Å². The number of hydrogen-bond acceptors (Lipinski definition) is 3. The van der Waals surface area contributed by atoms with Crippen molar-refractivity contribution >= 4 is 23.2 Å². The molecule has 1 saturated carbocycles. The fraction of sp³-hybridized carbons (Fsp3) is 0.467. The van der Waals surface area contributed by atoms with E-state index in [9.17, 15) is 4.79 Å². The zero-order valence-corrected chi connectivity index (χ0v) is 12.2. The molecule has 5 heteroatoms. The predicted octanol–water partition coefficient (Wildman–Crippen LogP) is 3.07. The van der Waals surface area contributed by atoms with Crippen molar-refractivity contribution in [2.75, 3.05) is 5.32 Å². The maximum Gasteiger partial charge on any atom is 0.242 e. The average molecular weight is 292 g/mol. The summed E-state index contributed by atoms with van der Waals surface area (Å²) in [6.45, 7) is 1.78. The van der Waals surface area contributed by atoms with Gasteiger partial charge in [0.25, 0.3) is 0 Å². The molecule has 4 nitrogen and oxygen atoms in total. The summed E-state index contributed by atoms with van der Waals surface area (Å²) in [5.41, 5.74) is 1.07. The third-order valence-corrected chi connectivity index (χ3v) is 3.80. The molecule has 0 spiro atoms. The fourth-order valence-corrected chi connectivity index (χ4v) is 2.60. The molecular weight excluding hydrogens is 274 g/mol. The number of nitrogens with zero attached hydrogens (tertiary/aromatic N) is 1. The first-order chi connectivity index (χ1) is 9.60. The molecule has 1 aromatic rings. The molecule has 1 aliphatic rings. The van der Waals surface area contributed by atoms with Crippen molar-refractivity contribution in [1.29, 1.82) is 5.26 Å². The van der Waals surface area contributed by atoms with Crippen LogP contribution in [0.5, 0.6) is 0 Å². The Morgan fingerprint density at radius 3 is 2.80 bits per heavy atom. The van der Waals surface area contributed by atoms with Crippen molar-refractivity contribution in [2.45, 2.75) is 44.7 Å². The highest BCUT2D eigenvalue weighted by molar-refractivity contribution is 6.30. The van der Waals surface area contributed by atoms with Crippen molar-refractivity contribution in [3.8, 4) is 6.07 Å². The minimum atomic E-state index is -0.402. The third kappa shape index (κ3) is 3.64. The van der Waals surface area contributed by atoms with Gasteiger partial charge in [-0.1, -0.05) is 24.4 Å². The van der Waals surface area contributed by atoms with Crippen LogP contribution >= 0.6 is 11.6 Å². The topological polar surface area (TPSA) is 64.9 Å². The van der Waals surface area contributed by atoms with Crippen LogP contribution < -0.4 is 10.6 Å². The third-order valence-electron chi connectivity index (χ3n) is 3.57. The SMILES string of the molecule is CC(Nc1cc(Cl)ccc1C#N)C(=O)NC1CCCC1. The zero-order valence-electron chi connectivity index (χ0n) is 11.4. The van der Waals surface area contributed by atoms with Gasteiger partial charge >= 0.3 is 0 Å². The summed E-state index contributed by atoms with van der Waals surface area (Å²) in [6, 6.07) is 6.95. The largest absolute Gasteiger partial charge is 0.373 e. The average Bonchev–Trinajstić information content (AvgIpc) is 2.91. The van der Waals surface area contributed by atoms with Gasteiger partial charge < -0.3 is 10.6 Å². The summed E-state index contributed by atoms with van der Waals surface area (Å²) in [4.78, 5) is 12.1. The van der Waals surface area contributed by atoms with Gasteiger partial charge in [0, 0.05) is 11.1 Å². The smallest absolute Gasteiger partial charge is 0.242 e. The molecule has 1 aromatic carbocycles.